The molecule has 0 fully saturated rings. The largest absolute Gasteiger partial charge is 0.394 e. The van der Waals surface area contributed by atoms with Gasteiger partial charge in [0.25, 0.3) is 0 Å². The molecule has 0 aliphatic rings. The zero-order valence-corrected chi connectivity index (χ0v) is 12.6. The van der Waals surface area contributed by atoms with Crippen molar-refractivity contribution in [1.29, 1.82) is 0 Å². The number of aliphatic hydroxyl groups excluding tert-OH is 1. The molecule has 7 heteroatoms. The topological polar surface area (TPSA) is 63.0 Å². The van der Waals surface area contributed by atoms with Crippen LogP contribution in [0.4, 0.5) is 5.69 Å². The minimum atomic E-state index is 0.0629. The molecule has 1 aromatic heterocycles. The van der Waals surface area contributed by atoms with Gasteiger partial charge in [-0.05, 0) is 34.1 Å². The van der Waals surface area contributed by atoms with Crippen LogP contribution in [0.25, 0.3) is 0 Å². The van der Waals surface area contributed by atoms with Crippen LogP contribution < -0.4 is 5.32 Å². The third kappa shape index (κ3) is 3.54. The Labute approximate surface area is 121 Å². The summed E-state index contributed by atoms with van der Waals surface area (Å²) in [5.41, 5.74) is 1.82. The highest BCUT2D eigenvalue weighted by molar-refractivity contribution is 9.11. The van der Waals surface area contributed by atoms with Gasteiger partial charge < -0.3 is 10.4 Å². The summed E-state index contributed by atoms with van der Waals surface area (Å²) >= 11 is 6.90. The van der Waals surface area contributed by atoms with Crippen LogP contribution >= 0.6 is 31.9 Å². The molecule has 0 spiro atoms. The van der Waals surface area contributed by atoms with Crippen molar-refractivity contribution in [3.8, 4) is 0 Å². The van der Waals surface area contributed by atoms with E-state index in [0.717, 1.165) is 20.3 Å². The van der Waals surface area contributed by atoms with Gasteiger partial charge in [-0.15, -0.1) is 5.10 Å². The van der Waals surface area contributed by atoms with Gasteiger partial charge in [0.2, 0.25) is 0 Å². The summed E-state index contributed by atoms with van der Waals surface area (Å²) in [6.45, 7) is 1.11. The molecule has 0 aliphatic carbocycles. The Balaban J connectivity index is 1.99. The smallest absolute Gasteiger partial charge is 0.102 e. The Morgan fingerprint density at radius 2 is 2.17 bits per heavy atom. The van der Waals surface area contributed by atoms with Gasteiger partial charge in [-0.2, -0.15) is 0 Å². The van der Waals surface area contributed by atoms with Crippen molar-refractivity contribution >= 4 is 37.5 Å². The summed E-state index contributed by atoms with van der Waals surface area (Å²) in [6, 6.07) is 5.92. The molecule has 1 heterocycles. The van der Waals surface area contributed by atoms with E-state index in [1.165, 1.54) is 0 Å². The fourth-order valence-electron chi connectivity index (χ4n) is 1.45. The maximum atomic E-state index is 8.79. The van der Waals surface area contributed by atoms with Crippen LogP contribution in [-0.2, 0) is 13.1 Å². The maximum Gasteiger partial charge on any atom is 0.102 e. The van der Waals surface area contributed by atoms with Gasteiger partial charge in [-0.1, -0.05) is 21.1 Å². The predicted molar refractivity (Wildman–Crippen MR) is 76.3 cm³/mol. The van der Waals surface area contributed by atoms with E-state index in [4.69, 9.17) is 5.11 Å². The van der Waals surface area contributed by atoms with Crippen molar-refractivity contribution in [2.24, 2.45) is 0 Å². The lowest BCUT2D eigenvalue weighted by Gasteiger charge is -2.07. The van der Waals surface area contributed by atoms with E-state index in [1.807, 2.05) is 24.4 Å². The number of rotatable bonds is 5. The lowest BCUT2D eigenvalue weighted by molar-refractivity contribution is 0.268. The first-order valence-electron chi connectivity index (χ1n) is 5.38. The van der Waals surface area contributed by atoms with Gasteiger partial charge >= 0.3 is 0 Å². The first-order chi connectivity index (χ1) is 8.69. The lowest BCUT2D eigenvalue weighted by atomic mass is 10.3. The van der Waals surface area contributed by atoms with Crippen molar-refractivity contribution in [1.82, 2.24) is 15.0 Å². The second-order valence-electron chi connectivity index (χ2n) is 3.67. The number of anilines is 1. The maximum absolute atomic E-state index is 8.79. The highest BCUT2D eigenvalue weighted by atomic mass is 79.9. The quantitative estimate of drug-likeness (QED) is 0.842. The molecule has 2 rings (SSSR count). The first kappa shape index (κ1) is 13.5. The van der Waals surface area contributed by atoms with Crippen LogP contribution in [0, 0.1) is 0 Å². The molecular formula is C11H12Br2N4O. The molecule has 1 aromatic carbocycles. The SMILES string of the molecule is OCCn1cc(CNc2cc(Br)ccc2Br)nn1. The molecular weight excluding hydrogens is 364 g/mol. The summed E-state index contributed by atoms with van der Waals surface area (Å²) in [5, 5.41) is 20.0. The highest BCUT2D eigenvalue weighted by Crippen LogP contribution is 2.26. The number of halogens is 2. The van der Waals surface area contributed by atoms with Crippen molar-refractivity contribution < 1.29 is 5.11 Å². The normalized spacial score (nSPS) is 10.6. The van der Waals surface area contributed by atoms with E-state index in [-0.39, 0.29) is 6.61 Å². The van der Waals surface area contributed by atoms with Gasteiger partial charge in [0.1, 0.15) is 5.69 Å². The number of nitrogens with zero attached hydrogens (tertiary/aromatic N) is 3. The summed E-state index contributed by atoms with van der Waals surface area (Å²) in [7, 11) is 0. The summed E-state index contributed by atoms with van der Waals surface area (Å²) in [5.74, 6) is 0. The van der Waals surface area contributed by atoms with Gasteiger partial charge in [-0.3, -0.25) is 0 Å². The van der Waals surface area contributed by atoms with E-state index in [9.17, 15) is 0 Å². The Kier molecular flexibility index (Phi) is 4.73. The lowest BCUT2D eigenvalue weighted by Crippen LogP contribution is -2.02. The fourth-order valence-corrected chi connectivity index (χ4v) is 2.20. The van der Waals surface area contributed by atoms with Crippen LogP contribution in [0.1, 0.15) is 5.69 Å². The number of hydrogen-bond donors (Lipinski definition) is 2. The number of benzene rings is 1. The monoisotopic (exact) mass is 374 g/mol. The summed E-state index contributed by atoms with van der Waals surface area (Å²) in [6.07, 6.45) is 1.81. The highest BCUT2D eigenvalue weighted by Gasteiger charge is 2.03. The zero-order valence-electron chi connectivity index (χ0n) is 9.48. The number of nitrogens with one attached hydrogen (secondary N) is 1. The molecule has 0 unspecified atom stereocenters. The Morgan fingerprint density at radius 3 is 2.94 bits per heavy atom. The van der Waals surface area contributed by atoms with E-state index >= 15 is 0 Å². The molecule has 5 nitrogen and oxygen atoms in total. The molecule has 2 aromatic rings. The van der Waals surface area contributed by atoms with E-state index in [2.05, 4.69) is 47.5 Å². The van der Waals surface area contributed by atoms with Crippen LogP contribution in [0.15, 0.2) is 33.3 Å². The van der Waals surface area contributed by atoms with E-state index in [1.54, 1.807) is 4.68 Å². The van der Waals surface area contributed by atoms with E-state index < -0.39 is 0 Å². The Morgan fingerprint density at radius 1 is 1.33 bits per heavy atom. The van der Waals surface area contributed by atoms with Crippen molar-refractivity contribution in [3.63, 3.8) is 0 Å². The van der Waals surface area contributed by atoms with Gasteiger partial charge in [0.05, 0.1) is 25.9 Å². The van der Waals surface area contributed by atoms with Gasteiger partial charge in [0.15, 0.2) is 0 Å². The second kappa shape index (κ2) is 6.31. The fraction of sp³-hybridized carbons (Fsp3) is 0.273. The molecule has 0 radical (unpaired) electrons. The number of aliphatic hydroxyl groups is 1. The molecule has 0 atom stereocenters. The van der Waals surface area contributed by atoms with Gasteiger partial charge in [0, 0.05) is 14.6 Å². The molecule has 18 heavy (non-hydrogen) atoms. The molecule has 96 valence electrons. The second-order valence-corrected chi connectivity index (χ2v) is 5.44. The molecule has 2 N–H and O–H groups in total. The molecule has 0 aliphatic heterocycles. The molecule has 0 bridgehead atoms. The molecule has 0 saturated heterocycles. The first-order valence-corrected chi connectivity index (χ1v) is 6.96. The van der Waals surface area contributed by atoms with Crippen LogP contribution in [0.5, 0.6) is 0 Å². The van der Waals surface area contributed by atoms with Crippen LogP contribution in [0.2, 0.25) is 0 Å². The Bertz CT molecular complexity index is 530. The third-order valence-corrected chi connectivity index (χ3v) is 3.49. The standard InChI is InChI=1S/C11H12Br2N4O/c12-8-1-2-10(13)11(5-8)14-6-9-7-17(3-4-18)16-15-9/h1-2,5,7,14,18H,3-4,6H2. The average Bonchev–Trinajstić information content (AvgIpc) is 2.79. The number of hydrogen-bond acceptors (Lipinski definition) is 4. The minimum Gasteiger partial charge on any atom is -0.394 e. The molecule has 0 amide bonds. The average molecular weight is 376 g/mol. The number of aromatic nitrogens is 3. The van der Waals surface area contributed by atoms with Crippen molar-refractivity contribution in [2.75, 3.05) is 11.9 Å². The van der Waals surface area contributed by atoms with Crippen molar-refractivity contribution in [3.05, 3.63) is 39.0 Å². The third-order valence-electron chi connectivity index (χ3n) is 2.30. The summed E-state index contributed by atoms with van der Waals surface area (Å²) in [4.78, 5) is 0. The van der Waals surface area contributed by atoms with Crippen LogP contribution in [-0.4, -0.2) is 26.7 Å². The van der Waals surface area contributed by atoms with Crippen LogP contribution in [0.3, 0.4) is 0 Å². The zero-order chi connectivity index (χ0) is 13.0. The summed E-state index contributed by atoms with van der Waals surface area (Å²) < 4.78 is 3.62. The van der Waals surface area contributed by atoms with Crippen molar-refractivity contribution in [2.45, 2.75) is 13.1 Å². The molecule has 0 saturated carbocycles. The predicted octanol–water partition coefficient (Wildman–Crippen LogP) is 2.41. The van der Waals surface area contributed by atoms with Gasteiger partial charge in [-0.25, -0.2) is 4.68 Å². The minimum absolute atomic E-state index is 0.0629. The Hall–Kier alpha value is -0.920. The van der Waals surface area contributed by atoms with E-state index in [0.29, 0.717) is 13.1 Å².